The molecule has 10 heteroatoms. The van der Waals surface area contributed by atoms with Crippen molar-refractivity contribution < 1.29 is 19.4 Å². The van der Waals surface area contributed by atoms with Crippen LogP contribution in [0.3, 0.4) is 0 Å². The first-order chi connectivity index (χ1) is 14.4. The van der Waals surface area contributed by atoms with Crippen molar-refractivity contribution in [3.8, 4) is 0 Å². The normalized spacial score (nSPS) is 21.5. The summed E-state index contributed by atoms with van der Waals surface area (Å²) in [6.07, 6.45) is 1.26. The number of fused-ring (bicyclic) bond motifs is 1. The van der Waals surface area contributed by atoms with Crippen molar-refractivity contribution in [1.29, 1.82) is 0 Å². The Balaban J connectivity index is 1.63. The average Bonchev–Trinajstić information content (AvgIpc) is 3.11. The van der Waals surface area contributed by atoms with E-state index < -0.39 is 12.4 Å². The van der Waals surface area contributed by atoms with Crippen LogP contribution in [0.25, 0.3) is 11.2 Å². The number of imidazole rings is 1. The minimum Gasteiger partial charge on any atom is -0.463 e. The Morgan fingerprint density at radius 2 is 2.10 bits per heavy atom. The molecule has 0 aliphatic carbocycles. The second kappa shape index (κ2) is 8.55. The molecule has 2 N–H and O–H groups in total. The summed E-state index contributed by atoms with van der Waals surface area (Å²) in [5.74, 6) is 0.789. The van der Waals surface area contributed by atoms with Crippen LogP contribution in [0.2, 0.25) is 5.02 Å². The fourth-order valence-electron chi connectivity index (χ4n) is 3.56. The maximum Gasteiger partial charge on any atom is 0.302 e. The lowest BCUT2D eigenvalue weighted by Crippen LogP contribution is -2.36. The molecule has 0 radical (unpaired) electrons. The molecular weight excluding hydrogens is 410 g/mol. The summed E-state index contributed by atoms with van der Waals surface area (Å²) >= 11 is 5.96. The minimum atomic E-state index is -0.962. The van der Waals surface area contributed by atoms with E-state index in [-0.39, 0.29) is 18.6 Å². The highest BCUT2D eigenvalue weighted by molar-refractivity contribution is 6.30. The predicted molar refractivity (Wildman–Crippen MR) is 111 cm³/mol. The van der Waals surface area contributed by atoms with E-state index in [1.165, 1.54) is 6.92 Å². The molecule has 0 spiro atoms. The van der Waals surface area contributed by atoms with Crippen molar-refractivity contribution in [3.63, 3.8) is 0 Å². The molecule has 158 valence electrons. The molecule has 0 amide bonds. The molecule has 30 heavy (non-hydrogen) atoms. The van der Waals surface area contributed by atoms with Gasteiger partial charge in [0.25, 0.3) is 0 Å². The molecule has 2 aromatic heterocycles. The smallest absolute Gasteiger partial charge is 0.302 e. The van der Waals surface area contributed by atoms with Crippen LogP contribution in [0.5, 0.6) is 0 Å². The van der Waals surface area contributed by atoms with Crippen molar-refractivity contribution in [1.82, 2.24) is 19.5 Å². The first kappa shape index (κ1) is 20.5. The number of aliphatic hydroxyl groups is 1. The Bertz CT molecular complexity index is 1060. The summed E-state index contributed by atoms with van der Waals surface area (Å²) in [4.78, 5) is 24.7. The van der Waals surface area contributed by atoms with Crippen LogP contribution in [0.1, 0.15) is 31.6 Å². The largest absolute Gasteiger partial charge is 0.463 e. The topological polar surface area (TPSA) is 111 Å². The van der Waals surface area contributed by atoms with Crippen LogP contribution in [-0.4, -0.2) is 49.6 Å². The third kappa shape index (κ3) is 4.53. The minimum absolute atomic E-state index is 0.0902. The highest BCUT2D eigenvalue weighted by Crippen LogP contribution is 2.32. The second-order valence-corrected chi connectivity index (χ2v) is 7.65. The molecular formula is C20H22ClN5O4. The van der Waals surface area contributed by atoms with Crippen molar-refractivity contribution in [2.24, 2.45) is 0 Å². The van der Waals surface area contributed by atoms with E-state index in [1.54, 1.807) is 18.5 Å². The van der Waals surface area contributed by atoms with Crippen LogP contribution >= 0.6 is 11.6 Å². The number of ether oxygens (including phenoxy) is 2. The Morgan fingerprint density at radius 1 is 1.33 bits per heavy atom. The lowest BCUT2D eigenvalue weighted by molar-refractivity contribution is -0.190. The van der Waals surface area contributed by atoms with Gasteiger partial charge in [0.05, 0.1) is 12.4 Å². The van der Waals surface area contributed by atoms with Gasteiger partial charge in [-0.3, -0.25) is 4.79 Å². The zero-order valence-corrected chi connectivity index (χ0v) is 17.3. The zero-order chi connectivity index (χ0) is 21.3. The molecule has 9 nitrogen and oxygen atoms in total. The average molecular weight is 432 g/mol. The first-order valence-corrected chi connectivity index (χ1v) is 9.97. The maximum absolute atomic E-state index is 11.1. The summed E-state index contributed by atoms with van der Waals surface area (Å²) in [5, 5.41) is 14.1. The summed E-state index contributed by atoms with van der Waals surface area (Å²) in [7, 11) is 0. The summed E-state index contributed by atoms with van der Waals surface area (Å²) in [5.41, 5.74) is 2.11. The number of aromatic nitrogens is 4. The second-order valence-electron chi connectivity index (χ2n) is 7.22. The molecule has 0 bridgehead atoms. The SMILES string of the molecule is CC(=O)OC[C@@H]1C[C@H](n2cnc3c(Nc4ccc(Cl)cc4)nc(C)nc32)C[C@H](O)O1. The van der Waals surface area contributed by atoms with Gasteiger partial charge in [0.2, 0.25) is 0 Å². The van der Waals surface area contributed by atoms with E-state index in [2.05, 4.69) is 20.3 Å². The summed E-state index contributed by atoms with van der Waals surface area (Å²) in [6.45, 7) is 3.24. The molecule has 0 unspecified atom stereocenters. The third-order valence-electron chi connectivity index (χ3n) is 4.86. The predicted octanol–water partition coefficient (Wildman–Crippen LogP) is 3.13. The van der Waals surface area contributed by atoms with E-state index in [1.807, 2.05) is 23.6 Å². The number of carbonyl (C=O) groups is 1. The van der Waals surface area contributed by atoms with E-state index in [4.69, 9.17) is 21.1 Å². The molecule has 1 aliphatic rings. The molecule has 1 fully saturated rings. The van der Waals surface area contributed by atoms with Crippen molar-refractivity contribution in [2.75, 3.05) is 11.9 Å². The third-order valence-corrected chi connectivity index (χ3v) is 5.12. The molecule has 4 rings (SSSR count). The van der Waals surface area contributed by atoms with Gasteiger partial charge in [0.15, 0.2) is 23.3 Å². The fourth-order valence-corrected chi connectivity index (χ4v) is 3.69. The van der Waals surface area contributed by atoms with Gasteiger partial charge in [-0.2, -0.15) is 0 Å². The zero-order valence-electron chi connectivity index (χ0n) is 16.6. The number of halogens is 1. The number of aliphatic hydroxyl groups excluding tert-OH is 1. The first-order valence-electron chi connectivity index (χ1n) is 9.59. The molecule has 1 aliphatic heterocycles. The number of rotatable bonds is 5. The molecule has 1 saturated heterocycles. The number of anilines is 2. The van der Waals surface area contributed by atoms with Gasteiger partial charge in [-0.05, 0) is 37.6 Å². The Kier molecular flexibility index (Phi) is 5.85. The molecule has 3 aromatic rings. The fraction of sp³-hybridized carbons (Fsp3) is 0.400. The van der Waals surface area contributed by atoms with Crippen LogP contribution in [-0.2, 0) is 14.3 Å². The summed E-state index contributed by atoms with van der Waals surface area (Å²) in [6, 6.07) is 7.19. The Labute approximate surface area is 178 Å². The highest BCUT2D eigenvalue weighted by atomic mass is 35.5. The summed E-state index contributed by atoms with van der Waals surface area (Å²) < 4.78 is 12.5. The standard InChI is InChI=1S/C20H22ClN5O4/c1-11-23-19(25-14-5-3-13(21)4-6-14)18-20(24-11)26(10-22-18)15-7-16(9-29-12(2)27)30-17(28)8-15/h3-6,10,15-17,28H,7-9H2,1-2H3,(H,23,24,25)/t15-,16-,17+/m0/s1. The maximum atomic E-state index is 11.1. The van der Waals surface area contributed by atoms with E-state index in [9.17, 15) is 9.90 Å². The number of carbonyl (C=O) groups excluding carboxylic acids is 1. The van der Waals surface area contributed by atoms with Crippen LogP contribution in [0.4, 0.5) is 11.5 Å². The molecule has 3 heterocycles. The van der Waals surface area contributed by atoms with E-state index in [0.717, 1.165) is 5.69 Å². The van der Waals surface area contributed by atoms with Gasteiger partial charge in [-0.1, -0.05) is 11.6 Å². The molecule has 1 aromatic carbocycles. The van der Waals surface area contributed by atoms with Gasteiger partial charge >= 0.3 is 5.97 Å². The highest BCUT2D eigenvalue weighted by Gasteiger charge is 2.31. The monoisotopic (exact) mass is 431 g/mol. The number of hydrogen-bond acceptors (Lipinski definition) is 8. The van der Waals surface area contributed by atoms with Crippen LogP contribution in [0.15, 0.2) is 30.6 Å². The lowest BCUT2D eigenvalue weighted by Gasteiger charge is -2.33. The Morgan fingerprint density at radius 3 is 2.83 bits per heavy atom. The van der Waals surface area contributed by atoms with Gasteiger partial charge in [0, 0.05) is 30.1 Å². The van der Waals surface area contributed by atoms with E-state index >= 15 is 0 Å². The van der Waals surface area contributed by atoms with Gasteiger partial charge in [-0.25, -0.2) is 15.0 Å². The number of aryl methyl sites for hydroxylation is 1. The lowest BCUT2D eigenvalue weighted by atomic mass is 10.0. The molecule has 3 atom stereocenters. The van der Waals surface area contributed by atoms with Gasteiger partial charge in [0.1, 0.15) is 12.4 Å². The van der Waals surface area contributed by atoms with Crippen molar-refractivity contribution >= 4 is 40.2 Å². The van der Waals surface area contributed by atoms with Gasteiger partial charge < -0.3 is 24.5 Å². The quantitative estimate of drug-likeness (QED) is 0.592. The number of hydrogen-bond donors (Lipinski definition) is 2. The Hall–Kier alpha value is -2.75. The van der Waals surface area contributed by atoms with Crippen LogP contribution < -0.4 is 5.32 Å². The van der Waals surface area contributed by atoms with E-state index in [0.29, 0.717) is 40.7 Å². The molecule has 0 saturated carbocycles. The number of nitrogens with one attached hydrogen (secondary N) is 1. The van der Waals surface area contributed by atoms with Gasteiger partial charge in [-0.15, -0.1) is 0 Å². The van der Waals surface area contributed by atoms with Crippen molar-refractivity contribution in [3.05, 3.63) is 41.4 Å². The van der Waals surface area contributed by atoms with Crippen LogP contribution in [0, 0.1) is 6.92 Å². The number of esters is 1. The number of nitrogens with zero attached hydrogens (tertiary/aromatic N) is 4. The van der Waals surface area contributed by atoms with Crippen molar-refractivity contribution in [2.45, 2.75) is 45.1 Å². The number of benzene rings is 1.